The first-order valence-corrected chi connectivity index (χ1v) is 9.70. The second-order valence-corrected chi connectivity index (χ2v) is 6.99. The van der Waals surface area contributed by atoms with E-state index in [0.717, 1.165) is 46.8 Å². The molecule has 0 fully saturated rings. The quantitative estimate of drug-likeness (QED) is 0.505. The molecule has 0 unspecified atom stereocenters. The molecule has 5 nitrogen and oxygen atoms in total. The largest absolute Gasteiger partial charge is 0.481 e. The minimum Gasteiger partial charge on any atom is -0.481 e. The van der Waals surface area contributed by atoms with E-state index in [1.54, 1.807) is 13.3 Å². The summed E-state index contributed by atoms with van der Waals surface area (Å²) in [5.74, 6) is 0.592. The van der Waals surface area contributed by atoms with Crippen LogP contribution in [-0.4, -0.2) is 21.5 Å². The van der Waals surface area contributed by atoms with Gasteiger partial charge in [0.2, 0.25) is 5.88 Å². The molecule has 0 bridgehead atoms. The molecule has 146 valence electrons. The van der Waals surface area contributed by atoms with Crippen LogP contribution in [0.3, 0.4) is 0 Å². The Bertz CT molecular complexity index is 1020. The highest BCUT2D eigenvalue weighted by molar-refractivity contribution is 6.33. The Balaban J connectivity index is 1.97. The van der Waals surface area contributed by atoms with Crippen LogP contribution in [0.5, 0.6) is 5.88 Å². The number of fused-ring (bicyclic) bond motifs is 1. The van der Waals surface area contributed by atoms with Crippen molar-refractivity contribution >= 4 is 28.5 Å². The molecule has 28 heavy (non-hydrogen) atoms. The topological polar surface area (TPSA) is 51.5 Å². The zero-order valence-electron chi connectivity index (χ0n) is 16.7. The predicted octanol–water partition coefficient (Wildman–Crippen LogP) is 5.90. The summed E-state index contributed by atoms with van der Waals surface area (Å²) >= 11 is 6.34. The van der Waals surface area contributed by atoms with Gasteiger partial charge in [-0.15, -0.1) is 0 Å². The molecule has 0 aliphatic carbocycles. The third kappa shape index (κ3) is 4.37. The lowest BCUT2D eigenvalue weighted by atomic mass is 10.1. The van der Waals surface area contributed by atoms with Crippen LogP contribution in [0.15, 0.2) is 54.5 Å². The molecule has 3 rings (SSSR count). The van der Waals surface area contributed by atoms with E-state index in [-0.39, 0.29) is 0 Å². The normalized spacial score (nSPS) is 12.5. The van der Waals surface area contributed by atoms with Crippen molar-refractivity contribution in [3.05, 3.63) is 70.9 Å². The van der Waals surface area contributed by atoms with Gasteiger partial charge in [0.05, 0.1) is 35.4 Å². The lowest BCUT2D eigenvalue weighted by Gasteiger charge is -2.10. The van der Waals surface area contributed by atoms with Crippen molar-refractivity contribution in [3.8, 4) is 5.88 Å². The molecular weight excluding hydrogens is 372 g/mol. The first kappa shape index (κ1) is 20.0. The number of rotatable bonds is 7. The van der Waals surface area contributed by atoms with Crippen molar-refractivity contribution in [2.24, 2.45) is 0 Å². The van der Waals surface area contributed by atoms with Crippen LogP contribution < -0.4 is 10.1 Å². The molecule has 3 heterocycles. The second-order valence-electron chi connectivity index (χ2n) is 6.59. The molecule has 1 N–H and O–H groups in total. The summed E-state index contributed by atoms with van der Waals surface area (Å²) in [7, 11) is 1.61. The second kappa shape index (κ2) is 8.93. The number of hydrogen-bond acceptors (Lipinski definition) is 4. The zero-order valence-corrected chi connectivity index (χ0v) is 17.4. The molecule has 3 aromatic heterocycles. The number of ether oxygens (including phenoxy) is 1. The standard InChI is InChI=1S/C22H25ClN4O/c1-5-6-8-17(13-15(2)25-18-10-11-20(28-4)24-14-18)21-16(3)26-22-19(23)9-7-12-27(21)22/h7-14,25H,5-6H2,1-4H3/b15-13+,17-8+. The van der Waals surface area contributed by atoms with Crippen LogP contribution in [0.1, 0.15) is 38.1 Å². The predicted molar refractivity (Wildman–Crippen MR) is 116 cm³/mol. The van der Waals surface area contributed by atoms with Crippen LogP contribution in [0, 0.1) is 6.92 Å². The number of nitrogens with zero attached hydrogens (tertiary/aromatic N) is 3. The Morgan fingerprint density at radius 1 is 1.32 bits per heavy atom. The van der Waals surface area contributed by atoms with E-state index in [0.29, 0.717) is 10.9 Å². The van der Waals surface area contributed by atoms with Crippen LogP contribution in [-0.2, 0) is 0 Å². The number of aromatic nitrogens is 3. The number of halogens is 1. The van der Waals surface area contributed by atoms with Crippen molar-refractivity contribution in [1.82, 2.24) is 14.4 Å². The third-order valence-corrected chi connectivity index (χ3v) is 4.66. The Hall–Kier alpha value is -2.79. The molecule has 0 aliphatic rings. The summed E-state index contributed by atoms with van der Waals surface area (Å²) in [5.41, 5.74) is 5.80. The fraction of sp³-hybridized carbons (Fsp3) is 0.273. The Morgan fingerprint density at radius 2 is 2.14 bits per heavy atom. The average molecular weight is 397 g/mol. The van der Waals surface area contributed by atoms with E-state index < -0.39 is 0 Å². The SMILES string of the molecule is CCC/C=C(\C=C(/C)Nc1ccc(OC)nc1)c1c(C)nc2c(Cl)cccn12. The number of allylic oxidation sites excluding steroid dienone is 4. The first-order chi connectivity index (χ1) is 13.5. The van der Waals surface area contributed by atoms with Gasteiger partial charge in [-0.1, -0.05) is 31.0 Å². The van der Waals surface area contributed by atoms with Gasteiger partial charge >= 0.3 is 0 Å². The van der Waals surface area contributed by atoms with E-state index in [4.69, 9.17) is 16.3 Å². The fourth-order valence-electron chi connectivity index (χ4n) is 3.09. The van der Waals surface area contributed by atoms with Crippen molar-refractivity contribution in [1.29, 1.82) is 0 Å². The molecule has 0 saturated heterocycles. The highest BCUT2D eigenvalue weighted by Gasteiger charge is 2.14. The van der Waals surface area contributed by atoms with Gasteiger partial charge in [0.15, 0.2) is 5.65 Å². The van der Waals surface area contributed by atoms with Crippen LogP contribution in [0.4, 0.5) is 5.69 Å². The minimum atomic E-state index is 0.592. The molecule has 0 aromatic carbocycles. The van der Waals surface area contributed by atoms with Gasteiger partial charge in [-0.2, -0.15) is 0 Å². The molecule has 6 heteroatoms. The molecule has 3 aromatic rings. The molecule has 0 saturated carbocycles. The molecular formula is C22H25ClN4O. The molecule has 0 amide bonds. The number of unbranched alkanes of at least 4 members (excludes halogenated alkanes) is 1. The summed E-state index contributed by atoms with van der Waals surface area (Å²) in [4.78, 5) is 8.91. The Labute approximate surface area is 170 Å². The maximum atomic E-state index is 6.34. The van der Waals surface area contributed by atoms with Gasteiger partial charge in [0.1, 0.15) is 0 Å². The summed E-state index contributed by atoms with van der Waals surface area (Å²) in [5, 5.41) is 4.04. The first-order valence-electron chi connectivity index (χ1n) is 9.32. The van der Waals surface area contributed by atoms with Crippen LogP contribution in [0.2, 0.25) is 5.02 Å². The average Bonchev–Trinajstić information content (AvgIpc) is 3.03. The Kier molecular flexibility index (Phi) is 6.37. The molecule has 0 aliphatic heterocycles. The highest BCUT2D eigenvalue weighted by Crippen LogP contribution is 2.27. The molecule has 0 atom stereocenters. The van der Waals surface area contributed by atoms with Crippen LogP contribution in [0.25, 0.3) is 11.2 Å². The van der Waals surface area contributed by atoms with Gasteiger partial charge in [-0.25, -0.2) is 9.97 Å². The lowest BCUT2D eigenvalue weighted by molar-refractivity contribution is 0.398. The van der Waals surface area contributed by atoms with Crippen molar-refractivity contribution in [2.75, 3.05) is 12.4 Å². The summed E-state index contributed by atoms with van der Waals surface area (Å²) in [6, 6.07) is 7.58. The number of pyridine rings is 2. The van der Waals surface area contributed by atoms with E-state index in [1.165, 1.54) is 0 Å². The lowest BCUT2D eigenvalue weighted by Crippen LogP contribution is -1.99. The van der Waals surface area contributed by atoms with Gasteiger partial charge in [0.25, 0.3) is 0 Å². The van der Waals surface area contributed by atoms with Gasteiger partial charge in [0, 0.05) is 18.0 Å². The van der Waals surface area contributed by atoms with Crippen molar-refractivity contribution in [3.63, 3.8) is 0 Å². The highest BCUT2D eigenvalue weighted by atomic mass is 35.5. The fourth-order valence-corrected chi connectivity index (χ4v) is 3.30. The number of methoxy groups -OCH3 is 1. The Morgan fingerprint density at radius 3 is 2.82 bits per heavy atom. The number of hydrogen-bond donors (Lipinski definition) is 1. The van der Waals surface area contributed by atoms with Crippen molar-refractivity contribution in [2.45, 2.75) is 33.6 Å². The summed E-state index contributed by atoms with van der Waals surface area (Å²) < 4.78 is 7.17. The zero-order chi connectivity index (χ0) is 20.1. The van der Waals surface area contributed by atoms with Gasteiger partial charge < -0.3 is 10.1 Å². The smallest absolute Gasteiger partial charge is 0.213 e. The molecule has 0 spiro atoms. The monoisotopic (exact) mass is 396 g/mol. The number of nitrogens with one attached hydrogen (secondary N) is 1. The maximum Gasteiger partial charge on any atom is 0.213 e. The van der Waals surface area contributed by atoms with E-state index in [2.05, 4.69) is 38.8 Å². The number of imidazole rings is 1. The maximum absolute atomic E-state index is 6.34. The van der Waals surface area contributed by atoms with E-state index in [1.807, 2.05) is 44.3 Å². The minimum absolute atomic E-state index is 0.592. The summed E-state index contributed by atoms with van der Waals surface area (Å²) in [6.07, 6.45) is 10.2. The number of anilines is 1. The molecule has 0 radical (unpaired) electrons. The third-order valence-electron chi connectivity index (χ3n) is 4.36. The van der Waals surface area contributed by atoms with Gasteiger partial charge in [-0.05, 0) is 50.1 Å². The van der Waals surface area contributed by atoms with E-state index >= 15 is 0 Å². The van der Waals surface area contributed by atoms with Crippen molar-refractivity contribution < 1.29 is 4.74 Å². The van der Waals surface area contributed by atoms with Gasteiger partial charge in [-0.3, -0.25) is 4.40 Å². The van der Waals surface area contributed by atoms with Crippen LogP contribution >= 0.6 is 11.6 Å². The van der Waals surface area contributed by atoms with E-state index in [9.17, 15) is 0 Å². The number of aryl methyl sites for hydroxylation is 1. The summed E-state index contributed by atoms with van der Waals surface area (Å²) in [6.45, 7) is 6.22.